The largest absolute Gasteiger partial charge is 0.481 e. The number of carboxylic acid groups (broad SMARTS) is 1. The summed E-state index contributed by atoms with van der Waals surface area (Å²) >= 11 is 7.35. The van der Waals surface area contributed by atoms with Crippen molar-refractivity contribution in [3.05, 3.63) is 45.8 Å². The molecule has 4 heterocycles. The molecule has 0 radical (unpaired) electrons. The number of aliphatic carboxylic acids is 1. The van der Waals surface area contributed by atoms with Crippen molar-refractivity contribution in [3.63, 3.8) is 0 Å². The zero-order valence-corrected chi connectivity index (χ0v) is 25.1. The van der Waals surface area contributed by atoms with Crippen molar-refractivity contribution >= 4 is 45.7 Å². The number of anilines is 3. The highest BCUT2D eigenvalue weighted by molar-refractivity contribution is 7.16. The molecule has 0 unspecified atom stereocenters. The molecular weight excluding hydrogens is 622 g/mol. The number of piperidine rings is 1. The molecule has 2 N–H and O–H groups in total. The van der Waals surface area contributed by atoms with Gasteiger partial charge in [-0.2, -0.15) is 17.6 Å². The fraction of sp³-hybridized carbons (Fsp3) is 0.517. The number of hydrogen-bond donors (Lipinski definition) is 2. The number of nitrogens with zero attached hydrogens (tertiary/aromatic N) is 6. The van der Waals surface area contributed by atoms with E-state index in [2.05, 4.69) is 32.1 Å². The van der Waals surface area contributed by atoms with Gasteiger partial charge in [0.1, 0.15) is 6.33 Å². The lowest BCUT2D eigenvalue weighted by Crippen LogP contribution is -2.47. The molecule has 2 aliphatic heterocycles. The van der Waals surface area contributed by atoms with E-state index in [1.807, 2.05) is 4.90 Å². The van der Waals surface area contributed by atoms with Gasteiger partial charge in [0.05, 0.1) is 17.7 Å². The van der Waals surface area contributed by atoms with Gasteiger partial charge in [-0.3, -0.25) is 14.6 Å². The maximum atomic E-state index is 15.7. The summed E-state index contributed by atoms with van der Waals surface area (Å²) in [5, 5.41) is 12.1. The van der Waals surface area contributed by atoms with E-state index in [0.717, 1.165) is 42.8 Å². The molecule has 0 spiro atoms. The number of aromatic nitrogens is 3. The van der Waals surface area contributed by atoms with Crippen LogP contribution < -0.4 is 10.2 Å². The van der Waals surface area contributed by atoms with E-state index in [0.29, 0.717) is 51.0 Å². The number of alkyl halides is 3. The smallest absolute Gasteiger partial charge is 0.416 e. The second-order valence-electron chi connectivity index (χ2n) is 10.8. The van der Waals surface area contributed by atoms with Gasteiger partial charge in [-0.05, 0) is 44.5 Å². The molecule has 3 aromatic rings. The average Bonchev–Trinajstić information content (AvgIpc) is 3.36. The Kier molecular flexibility index (Phi) is 11.0. The van der Waals surface area contributed by atoms with Gasteiger partial charge in [0.15, 0.2) is 16.8 Å². The first-order valence-corrected chi connectivity index (χ1v) is 15.3. The minimum Gasteiger partial charge on any atom is -0.481 e. The number of carbonyl (C=O) groups is 1. The molecule has 0 bridgehead atoms. The van der Waals surface area contributed by atoms with Crippen LogP contribution in [0, 0.1) is 5.82 Å². The molecule has 2 aromatic heterocycles. The molecule has 0 amide bonds. The van der Waals surface area contributed by atoms with Gasteiger partial charge in [0, 0.05) is 60.8 Å². The van der Waals surface area contributed by atoms with Crippen molar-refractivity contribution in [2.75, 3.05) is 49.5 Å². The third kappa shape index (κ3) is 8.14. The fourth-order valence-electron chi connectivity index (χ4n) is 5.41. The molecule has 2 aliphatic rings. The third-order valence-corrected chi connectivity index (χ3v) is 8.97. The molecule has 1 aromatic carbocycles. The van der Waals surface area contributed by atoms with Crippen LogP contribution in [0.25, 0.3) is 11.3 Å². The second kappa shape index (κ2) is 14.4. The molecule has 1 atom stereocenters. The number of rotatable bonds is 9. The molecule has 2 saturated heterocycles. The van der Waals surface area contributed by atoms with Gasteiger partial charge in [0.2, 0.25) is 5.82 Å². The maximum absolute atomic E-state index is 15.7. The molecule has 0 aliphatic carbocycles. The molecule has 0 saturated carbocycles. The zero-order valence-electron chi connectivity index (χ0n) is 23.5. The van der Waals surface area contributed by atoms with E-state index >= 15 is 4.39 Å². The van der Waals surface area contributed by atoms with Crippen LogP contribution in [0.15, 0.2) is 24.5 Å². The van der Waals surface area contributed by atoms with Gasteiger partial charge >= 0.3 is 12.1 Å². The van der Waals surface area contributed by atoms with Crippen LogP contribution >= 0.6 is 22.9 Å². The van der Waals surface area contributed by atoms with Crippen LogP contribution in [0.2, 0.25) is 5.02 Å². The highest BCUT2D eigenvalue weighted by atomic mass is 35.5. The van der Waals surface area contributed by atoms with Crippen molar-refractivity contribution in [3.8, 4) is 11.3 Å². The molecule has 44 heavy (non-hydrogen) atoms. The molecular formula is C29H36ClF4N7O2S. The normalized spacial score (nSPS) is 18.2. The summed E-state index contributed by atoms with van der Waals surface area (Å²) < 4.78 is 56.6. The molecule has 5 rings (SSSR count). The van der Waals surface area contributed by atoms with Crippen molar-refractivity contribution in [2.45, 2.75) is 58.8 Å². The van der Waals surface area contributed by atoms with Crippen molar-refractivity contribution in [1.82, 2.24) is 24.8 Å². The number of piperazine rings is 1. The SMILES string of the molecule is C.C[C@@H]1CCCCN1Cc1sc(Nc2ncnc(N3CCN(CCC(=O)O)CC3)c2F)nc1-c1cc(Cl)cc(C(F)(F)F)c1. The first-order valence-electron chi connectivity index (χ1n) is 14.1. The number of thiazole rings is 1. The van der Waals surface area contributed by atoms with Crippen LogP contribution in [0.5, 0.6) is 0 Å². The topological polar surface area (TPSA) is 97.7 Å². The van der Waals surface area contributed by atoms with Crippen molar-refractivity contribution in [1.29, 1.82) is 0 Å². The standard InChI is InChI=1S/C28H32ClF4N7O2S.CH4/c1-17-4-2-3-6-40(17)15-21-24(18-12-19(28(31,32)33)14-20(29)13-18)36-27(43-21)37-25-23(30)26(35-16-34-25)39-10-8-38(9-11-39)7-5-22(41)42;/h12-14,16-17H,2-11,15H2,1H3,(H,41,42)(H,34,35,36,37);1H4/t17-;/m1./s1. The summed E-state index contributed by atoms with van der Waals surface area (Å²) in [6.45, 7) is 5.94. The Morgan fingerprint density at radius 2 is 1.89 bits per heavy atom. The summed E-state index contributed by atoms with van der Waals surface area (Å²) in [7, 11) is 0. The summed E-state index contributed by atoms with van der Waals surface area (Å²) in [5.74, 6) is -1.53. The number of likely N-dealkylation sites (tertiary alicyclic amines) is 1. The Hall–Kier alpha value is -3.07. The number of hydrogen-bond acceptors (Lipinski definition) is 9. The molecule has 2 fully saturated rings. The first-order chi connectivity index (χ1) is 20.5. The lowest BCUT2D eigenvalue weighted by Gasteiger charge is -2.35. The van der Waals surface area contributed by atoms with Crippen LogP contribution in [0.3, 0.4) is 0 Å². The minimum absolute atomic E-state index is 0. The molecule has 15 heteroatoms. The van der Waals surface area contributed by atoms with Crippen LogP contribution in [0.4, 0.5) is 34.3 Å². The van der Waals surface area contributed by atoms with E-state index < -0.39 is 23.5 Å². The summed E-state index contributed by atoms with van der Waals surface area (Å²) in [5.41, 5.74) is -0.289. The number of benzene rings is 1. The Morgan fingerprint density at radius 3 is 2.57 bits per heavy atom. The highest BCUT2D eigenvalue weighted by Gasteiger charge is 2.32. The third-order valence-electron chi connectivity index (χ3n) is 7.79. The van der Waals surface area contributed by atoms with E-state index in [1.54, 1.807) is 4.90 Å². The van der Waals surface area contributed by atoms with Crippen LogP contribution in [0.1, 0.15) is 50.5 Å². The quantitative estimate of drug-likeness (QED) is 0.242. The van der Waals surface area contributed by atoms with Gasteiger partial charge < -0.3 is 15.3 Å². The maximum Gasteiger partial charge on any atom is 0.416 e. The summed E-state index contributed by atoms with van der Waals surface area (Å²) in [4.78, 5) is 30.5. The van der Waals surface area contributed by atoms with E-state index in [4.69, 9.17) is 16.7 Å². The summed E-state index contributed by atoms with van der Waals surface area (Å²) in [6.07, 6.45) is -0.123. The first kappa shape index (κ1) is 33.8. The van der Waals surface area contributed by atoms with Crippen molar-refractivity contribution < 1.29 is 27.5 Å². The lowest BCUT2D eigenvalue weighted by molar-refractivity contribution is -0.138. The second-order valence-corrected chi connectivity index (χ2v) is 12.3. The lowest BCUT2D eigenvalue weighted by atomic mass is 10.0. The number of halogens is 5. The Bertz CT molecular complexity index is 1450. The highest BCUT2D eigenvalue weighted by Crippen LogP contribution is 2.39. The Labute approximate surface area is 262 Å². The summed E-state index contributed by atoms with van der Waals surface area (Å²) in [6, 6.07) is 3.68. The van der Waals surface area contributed by atoms with Gasteiger partial charge in [-0.15, -0.1) is 0 Å². The van der Waals surface area contributed by atoms with Crippen LogP contribution in [-0.4, -0.2) is 81.1 Å². The van der Waals surface area contributed by atoms with Crippen LogP contribution in [-0.2, 0) is 17.5 Å². The Balaban J connectivity index is 0.00000442. The Morgan fingerprint density at radius 1 is 1.14 bits per heavy atom. The minimum atomic E-state index is -4.58. The monoisotopic (exact) mass is 657 g/mol. The number of nitrogens with one attached hydrogen (secondary N) is 1. The van der Waals surface area contributed by atoms with Gasteiger partial charge in [-0.25, -0.2) is 15.0 Å². The van der Waals surface area contributed by atoms with E-state index in [1.165, 1.54) is 23.7 Å². The fourth-order valence-corrected chi connectivity index (χ4v) is 6.66. The predicted octanol–water partition coefficient (Wildman–Crippen LogP) is 6.76. The average molecular weight is 658 g/mol. The zero-order chi connectivity index (χ0) is 30.7. The van der Waals surface area contributed by atoms with E-state index in [-0.39, 0.29) is 41.2 Å². The molecule has 240 valence electrons. The molecule has 9 nitrogen and oxygen atoms in total. The van der Waals surface area contributed by atoms with Gasteiger partial charge in [0.25, 0.3) is 0 Å². The van der Waals surface area contributed by atoms with Gasteiger partial charge in [-0.1, -0.05) is 36.8 Å². The number of carboxylic acids is 1. The predicted molar refractivity (Wildman–Crippen MR) is 164 cm³/mol. The van der Waals surface area contributed by atoms with Crippen molar-refractivity contribution in [2.24, 2.45) is 0 Å². The van der Waals surface area contributed by atoms with E-state index in [9.17, 15) is 18.0 Å².